The molecule has 0 saturated heterocycles. The zero-order valence-corrected chi connectivity index (χ0v) is 14.4. The Morgan fingerprint density at radius 2 is 1.83 bits per heavy atom. The second-order valence-electron chi connectivity index (χ2n) is 5.23. The van der Waals surface area contributed by atoms with E-state index in [1.54, 1.807) is 11.3 Å². The topological polar surface area (TPSA) is 15.3 Å². The highest BCUT2D eigenvalue weighted by Gasteiger charge is 2.14. The summed E-state index contributed by atoms with van der Waals surface area (Å²) in [7, 11) is 0. The van der Waals surface area contributed by atoms with Gasteiger partial charge in [-0.15, -0.1) is 11.3 Å². The molecular formula is C14H25BrN2S. The smallest absolute Gasteiger partial charge is 0.0397 e. The fourth-order valence-electron chi connectivity index (χ4n) is 2.23. The zero-order valence-electron chi connectivity index (χ0n) is 12.0. The fraction of sp³-hybridized carbons (Fsp3) is 0.714. The molecule has 0 aromatic carbocycles. The summed E-state index contributed by atoms with van der Waals surface area (Å²) in [6, 6.07) is 3.75. The van der Waals surface area contributed by atoms with Crippen LogP contribution in [-0.2, 0) is 0 Å². The van der Waals surface area contributed by atoms with Gasteiger partial charge < -0.3 is 5.32 Å². The minimum atomic E-state index is 0.417. The highest BCUT2D eigenvalue weighted by atomic mass is 79.9. The van der Waals surface area contributed by atoms with E-state index in [4.69, 9.17) is 0 Å². The number of hydrogen-bond donors (Lipinski definition) is 1. The summed E-state index contributed by atoms with van der Waals surface area (Å²) in [5.41, 5.74) is 0. The van der Waals surface area contributed by atoms with Gasteiger partial charge in [0.15, 0.2) is 0 Å². The van der Waals surface area contributed by atoms with Crippen LogP contribution in [0.5, 0.6) is 0 Å². The summed E-state index contributed by atoms with van der Waals surface area (Å²) < 4.78 is 1.22. The second kappa shape index (κ2) is 7.63. The van der Waals surface area contributed by atoms with E-state index >= 15 is 0 Å². The maximum atomic E-state index is 3.60. The molecule has 0 saturated carbocycles. The largest absolute Gasteiger partial charge is 0.308 e. The van der Waals surface area contributed by atoms with Gasteiger partial charge in [-0.05, 0) is 62.0 Å². The van der Waals surface area contributed by atoms with Crippen LogP contribution in [0.2, 0.25) is 0 Å². The van der Waals surface area contributed by atoms with E-state index in [9.17, 15) is 0 Å². The number of nitrogens with zero attached hydrogens (tertiary/aromatic N) is 1. The van der Waals surface area contributed by atoms with Gasteiger partial charge in [-0.1, -0.05) is 0 Å². The average molecular weight is 333 g/mol. The van der Waals surface area contributed by atoms with E-state index in [2.05, 4.69) is 72.2 Å². The first kappa shape index (κ1) is 16.2. The molecule has 0 aliphatic carbocycles. The molecule has 1 heterocycles. The molecule has 104 valence electrons. The Bertz CT molecular complexity index is 341. The predicted molar refractivity (Wildman–Crippen MR) is 85.4 cm³/mol. The van der Waals surface area contributed by atoms with E-state index in [-0.39, 0.29) is 0 Å². The van der Waals surface area contributed by atoms with Crippen LogP contribution in [0.4, 0.5) is 0 Å². The Balaban J connectivity index is 2.39. The lowest BCUT2D eigenvalue weighted by Gasteiger charge is -2.31. The molecule has 18 heavy (non-hydrogen) atoms. The molecule has 0 radical (unpaired) electrons. The Morgan fingerprint density at radius 3 is 2.28 bits per heavy atom. The summed E-state index contributed by atoms with van der Waals surface area (Å²) in [5.74, 6) is 0. The molecule has 0 spiro atoms. The molecule has 1 rings (SSSR count). The molecule has 1 aromatic heterocycles. The van der Waals surface area contributed by atoms with Crippen LogP contribution < -0.4 is 5.32 Å². The highest BCUT2D eigenvalue weighted by Crippen LogP contribution is 2.28. The molecule has 0 amide bonds. The van der Waals surface area contributed by atoms with E-state index < -0.39 is 0 Å². The number of rotatable bonds is 7. The minimum Gasteiger partial charge on any atom is -0.308 e. The van der Waals surface area contributed by atoms with Crippen molar-refractivity contribution in [3.05, 3.63) is 20.8 Å². The summed E-state index contributed by atoms with van der Waals surface area (Å²) in [6.07, 6.45) is 0. The van der Waals surface area contributed by atoms with Gasteiger partial charge in [0.2, 0.25) is 0 Å². The molecule has 4 heteroatoms. The van der Waals surface area contributed by atoms with Crippen LogP contribution in [0.15, 0.2) is 15.9 Å². The zero-order chi connectivity index (χ0) is 13.7. The van der Waals surface area contributed by atoms with Crippen molar-refractivity contribution in [1.82, 2.24) is 10.2 Å². The Hall–Kier alpha value is 0.100. The first-order chi connectivity index (χ1) is 8.43. The first-order valence-electron chi connectivity index (χ1n) is 6.65. The molecular weight excluding hydrogens is 308 g/mol. The van der Waals surface area contributed by atoms with Gasteiger partial charge in [-0.3, -0.25) is 4.90 Å². The van der Waals surface area contributed by atoms with Crippen LogP contribution in [0.25, 0.3) is 0 Å². The summed E-state index contributed by atoms with van der Waals surface area (Å²) in [4.78, 5) is 3.90. The maximum Gasteiger partial charge on any atom is 0.0397 e. The minimum absolute atomic E-state index is 0.417. The average Bonchev–Trinajstić information content (AvgIpc) is 2.69. The SMILES string of the molecule is CC(NCCN(C(C)C)C(C)C)c1sccc1Br. The van der Waals surface area contributed by atoms with Crippen LogP contribution in [0, 0.1) is 0 Å². The third kappa shape index (κ3) is 4.65. The number of hydrogen-bond acceptors (Lipinski definition) is 3. The molecule has 2 nitrogen and oxygen atoms in total. The van der Waals surface area contributed by atoms with E-state index in [0.717, 1.165) is 13.1 Å². The van der Waals surface area contributed by atoms with Crippen molar-refractivity contribution in [2.45, 2.75) is 52.7 Å². The lowest BCUT2D eigenvalue weighted by molar-refractivity contribution is 0.174. The van der Waals surface area contributed by atoms with Crippen LogP contribution >= 0.6 is 27.3 Å². The molecule has 1 N–H and O–H groups in total. The summed E-state index contributed by atoms with van der Waals surface area (Å²) in [6.45, 7) is 13.4. The maximum absolute atomic E-state index is 3.60. The number of nitrogens with one attached hydrogen (secondary N) is 1. The quantitative estimate of drug-likeness (QED) is 0.801. The Labute approximate surface area is 124 Å². The van der Waals surface area contributed by atoms with Crippen LogP contribution in [-0.4, -0.2) is 30.1 Å². The highest BCUT2D eigenvalue weighted by molar-refractivity contribution is 9.10. The lowest BCUT2D eigenvalue weighted by atomic mass is 10.2. The summed E-state index contributed by atoms with van der Waals surface area (Å²) in [5, 5.41) is 5.74. The van der Waals surface area contributed by atoms with E-state index in [1.807, 2.05) is 0 Å². The molecule has 0 aliphatic rings. The number of thiophene rings is 1. The Kier molecular flexibility index (Phi) is 6.85. The van der Waals surface area contributed by atoms with Gasteiger partial charge in [-0.2, -0.15) is 0 Å². The van der Waals surface area contributed by atoms with Gasteiger partial charge >= 0.3 is 0 Å². The summed E-state index contributed by atoms with van der Waals surface area (Å²) >= 11 is 5.40. The van der Waals surface area contributed by atoms with Crippen molar-refractivity contribution in [3.63, 3.8) is 0 Å². The molecule has 1 unspecified atom stereocenters. The van der Waals surface area contributed by atoms with Gasteiger partial charge in [-0.25, -0.2) is 0 Å². The fourth-order valence-corrected chi connectivity index (χ4v) is 3.98. The Morgan fingerprint density at radius 1 is 1.22 bits per heavy atom. The van der Waals surface area contributed by atoms with E-state index in [1.165, 1.54) is 9.35 Å². The molecule has 1 aromatic rings. The normalized spacial score (nSPS) is 13.8. The van der Waals surface area contributed by atoms with Gasteiger partial charge in [0.1, 0.15) is 0 Å². The third-order valence-electron chi connectivity index (χ3n) is 3.19. The standard InChI is InChI=1S/C14H25BrN2S/c1-10(2)17(11(3)4)8-7-16-12(5)14-13(15)6-9-18-14/h6,9-12,16H,7-8H2,1-5H3. The van der Waals surface area contributed by atoms with Crippen molar-refractivity contribution in [2.24, 2.45) is 0 Å². The second-order valence-corrected chi connectivity index (χ2v) is 7.04. The molecule has 1 atom stereocenters. The van der Waals surface area contributed by atoms with Crippen molar-refractivity contribution in [2.75, 3.05) is 13.1 Å². The first-order valence-corrected chi connectivity index (χ1v) is 8.32. The van der Waals surface area contributed by atoms with Crippen LogP contribution in [0.1, 0.15) is 45.5 Å². The van der Waals surface area contributed by atoms with Crippen molar-refractivity contribution in [1.29, 1.82) is 0 Å². The van der Waals surface area contributed by atoms with E-state index in [0.29, 0.717) is 18.1 Å². The van der Waals surface area contributed by atoms with Gasteiger partial charge in [0.25, 0.3) is 0 Å². The third-order valence-corrected chi connectivity index (χ3v) is 5.24. The van der Waals surface area contributed by atoms with Crippen LogP contribution in [0.3, 0.4) is 0 Å². The van der Waals surface area contributed by atoms with Gasteiger partial charge in [0.05, 0.1) is 0 Å². The number of halogens is 1. The molecule has 0 fully saturated rings. The van der Waals surface area contributed by atoms with Crippen molar-refractivity contribution in [3.8, 4) is 0 Å². The molecule has 0 aliphatic heterocycles. The predicted octanol–water partition coefficient (Wildman–Crippen LogP) is 4.28. The lowest BCUT2D eigenvalue weighted by Crippen LogP contribution is -2.41. The monoisotopic (exact) mass is 332 g/mol. The van der Waals surface area contributed by atoms with Gasteiger partial charge in [0, 0.05) is 40.6 Å². The van der Waals surface area contributed by atoms with Crippen molar-refractivity contribution >= 4 is 27.3 Å². The van der Waals surface area contributed by atoms with Crippen molar-refractivity contribution < 1.29 is 0 Å². The molecule has 0 bridgehead atoms.